The van der Waals surface area contributed by atoms with Crippen molar-refractivity contribution in [3.05, 3.63) is 58.6 Å². The normalized spacial score (nSPS) is 9.95. The van der Waals surface area contributed by atoms with E-state index in [0.717, 1.165) is 12.0 Å². The van der Waals surface area contributed by atoms with Crippen LogP contribution in [0.4, 0.5) is 0 Å². The fourth-order valence-corrected chi connectivity index (χ4v) is 1.59. The predicted molar refractivity (Wildman–Crippen MR) is 75.8 cm³/mol. The maximum atomic E-state index is 11.7. The molecule has 0 aliphatic heterocycles. The summed E-state index contributed by atoms with van der Waals surface area (Å²) in [5, 5.41) is 2.66. The Morgan fingerprint density at radius 3 is 2.48 bits per heavy atom. The molecule has 0 spiro atoms. The zero-order chi connectivity index (χ0) is 15.1. The Morgan fingerprint density at radius 2 is 1.86 bits per heavy atom. The number of benzene rings is 1. The summed E-state index contributed by atoms with van der Waals surface area (Å²) in [4.78, 5) is 22.5. The molecule has 0 unspecified atom stereocenters. The number of rotatable bonds is 6. The van der Waals surface area contributed by atoms with E-state index in [-0.39, 0.29) is 5.91 Å². The third kappa shape index (κ3) is 4.38. The molecule has 1 aromatic heterocycles. The Bertz CT molecular complexity index is 627. The first kappa shape index (κ1) is 14.6. The highest BCUT2D eigenvalue weighted by Gasteiger charge is 2.05. The molecule has 1 N–H and O–H groups in total. The van der Waals surface area contributed by atoms with Crippen LogP contribution in [0, 0.1) is 0 Å². The summed E-state index contributed by atoms with van der Waals surface area (Å²) < 4.78 is 15.1. The van der Waals surface area contributed by atoms with Gasteiger partial charge in [-0.15, -0.1) is 0 Å². The molecular formula is C15H15NO5. The number of amides is 1. The van der Waals surface area contributed by atoms with Crippen molar-refractivity contribution in [3.63, 3.8) is 0 Å². The lowest BCUT2D eigenvalue weighted by atomic mass is 10.3. The topological polar surface area (TPSA) is 77.8 Å². The number of hydrogen-bond donors (Lipinski definition) is 1. The molecule has 21 heavy (non-hydrogen) atoms. The van der Waals surface area contributed by atoms with E-state index in [0.29, 0.717) is 24.5 Å². The fraction of sp³-hybridized carbons (Fsp3) is 0.200. The summed E-state index contributed by atoms with van der Waals surface area (Å²) in [5.41, 5.74) is -0.201. The van der Waals surface area contributed by atoms with Gasteiger partial charge in [-0.3, -0.25) is 4.79 Å². The van der Waals surface area contributed by atoms with Gasteiger partial charge in [-0.2, -0.15) is 0 Å². The standard InChI is InChI=1S/C15H15NO5/c1-19-12-3-5-13(6-4-12)20-9-8-16-15(18)11-2-7-14(17)21-10-11/h2-7,10H,8-9H2,1H3,(H,16,18). The lowest BCUT2D eigenvalue weighted by Gasteiger charge is -2.08. The van der Waals surface area contributed by atoms with E-state index in [4.69, 9.17) is 9.47 Å². The second-order valence-electron chi connectivity index (χ2n) is 4.12. The minimum Gasteiger partial charge on any atom is -0.497 e. The predicted octanol–water partition coefficient (Wildman–Crippen LogP) is 1.46. The van der Waals surface area contributed by atoms with Crippen molar-refractivity contribution < 1.29 is 18.7 Å². The highest BCUT2D eigenvalue weighted by molar-refractivity contribution is 5.93. The molecule has 110 valence electrons. The molecule has 1 heterocycles. The van der Waals surface area contributed by atoms with Crippen molar-refractivity contribution in [2.75, 3.05) is 20.3 Å². The van der Waals surface area contributed by atoms with E-state index in [1.165, 1.54) is 12.1 Å². The summed E-state index contributed by atoms with van der Waals surface area (Å²) in [6, 6.07) is 9.76. The number of ether oxygens (including phenoxy) is 2. The molecular weight excluding hydrogens is 274 g/mol. The molecule has 0 fully saturated rings. The second kappa shape index (κ2) is 7.14. The molecule has 0 saturated carbocycles. The Morgan fingerprint density at radius 1 is 1.14 bits per heavy atom. The third-order valence-electron chi connectivity index (χ3n) is 2.68. The van der Waals surface area contributed by atoms with Crippen molar-refractivity contribution in [1.82, 2.24) is 5.32 Å². The van der Waals surface area contributed by atoms with Gasteiger partial charge in [0.1, 0.15) is 24.4 Å². The summed E-state index contributed by atoms with van der Waals surface area (Å²) in [7, 11) is 1.59. The quantitative estimate of drug-likeness (QED) is 0.814. The van der Waals surface area contributed by atoms with Crippen LogP contribution in [0.2, 0.25) is 0 Å². The molecule has 2 rings (SSSR count). The molecule has 1 aromatic carbocycles. The van der Waals surface area contributed by atoms with Crippen LogP contribution >= 0.6 is 0 Å². The molecule has 6 heteroatoms. The van der Waals surface area contributed by atoms with Crippen molar-refractivity contribution >= 4 is 5.91 Å². The molecule has 0 radical (unpaired) electrons. The SMILES string of the molecule is COc1ccc(OCCNC(=O)c2ccc(=O)oc2)cc1. The Kier molecular flexibility index (Phi) is 4.98. The minimum absolute atomic E-state index is 0.291. The van der Waals surface area contributed by atoms with E-state index in [9.17, 15) is 9.59 Å². The largest absolute Gasteiger partial charge is 0.497 e. The summed E-state index contributed by atoms with van der Waals surface area (Å²) in [6.45, 7) is 0.666. The van der Waals surface area contributed by atoms with Gasteiger partial charge >= 0.3 is 5.63 Å². The highest BCUT2D eigenvalue weighted by atomic mass is 16.5. The van der Waals surface area contributed by atoms with Gasteiger partial charge in [0.25, 0.3) is 5.91 Å². The number of carbonyl (C=O) groups is 1. The summed E-state index contributed by atoms with van der Waals surface area (Å²) in [5.74, 6) is 1.12. The molecule has 1 amide bonds. The van der Waals surface area contributed by atoms with Crippen LogP contribution < -0.4 is 20.4 Å². The van der Waals surface area contributed by atoms with Gasteiger partial charge in [0.05, 0.1) is 19.2 Å². The molecule has 0 saturated heterocycles. The Labute approximate surface area is 121 Å². The lowest BCUT2D eigenvalue weighted by molar-refractivity contribution is 0.0944. The first-order valence-electron chi connectivity index (χ1n) is 6.33. The lowest BCUT2D eigenvalue weighted by Crippen LogP contribution is -2.28. The van der Waals surface area contributed by atoms with Gasteiger partial charge in [-0.05, 0) is 30.3 Å². The van der Waals surface area contributed by atoms with E-state index < -0.39 is 5.63 Å². The average Bonchev–Trinajstić information content (AvgIpc) is 2.52. The van der Waals surface area contributed by atoms with Gasteiger partial charge in [0.2, 0.25) is 0 Å². The first-order valence-corrected chi connectivity index (χ1v) is 6.33. The Balaban J connectivity index is 1.75. The highest BCUT2D eigenvalue weighted by Crippen LogP contribution is 2.16. The van der Waals surface area contributed by atoms with Crippen LogP contribution in [0.5, 0.6) is 11.5 Å². The van der Waals surface area contributed by atoms with Crippen molar-refractivity contribution in [2.24, 2.45) is 0 Å². The number of carbonyl (C=O) groups excluding carboxylic acids is 1. The van der Waals surface area contributed by atoms with E-state index in [1.54, 1.807) is 31.4 Å². The number of methoxy groups -OCH3 is 1. The van der Waals surface area contributed by atoms with Crippen LogP contribution in [-0.4, -0.2) is 26.2 Å². The van der Waals surface area contributed by atoms with Crippen molar-refractivity contribution in [1.29, 1.82) is 0 Å². The molecule has 0 aliphatic carbocycles. The van der Waals surface area contributed by atoms with Gasteiger partial charge in [0.15, 0.2) is 0 Å². The maximum Gasteiger partial charge on any atom is 0.335 e. The molecule has 0 bridgehead atoms. The molecule has 6 nitrogen and oxygen atoms in total. The zero-order valence-electron chi connectivity index (χ0n) is 11.5. The van der Waals surface area contributed by atoms with Crippen LogP contribution in [0.15, 0.2) is 51.9 Å². The summed E-state index contributed by atoms with van der Waals surface area (Å²) in [6.07, 6.45) is 1.13. The molecule has 2 aromatic rings. The zero-order valence-corrected chi connectivity index (χ0v) is 11.5. The monoisotopic (exact) mass is 289 g/mol. The van der Waals surface area contributed by atoms with E-state index >= 15 is 0 Å². The van der Waals surface area contributed by atoms with Gasteiger partial charge < -0.3 is 19.2 Å². The van der Waals surface area contributed by atoms with Crippen molar-refractivity contribution in [3.8, 4) is 11.5 Å². The van der Waals surface area contributed by atoms with Gasteiger partial charge in [-0.1, -0.05) is 0 Å². The maximum absolute atomic E-state index is 11.7. The van der Waals surface area contributed by atoms with E-state index in [1.807, 2.05) is 0 Å². The van der Waals surface area contributed by atoms with Crippen LogP contribution in [0.1, 0.15) is 10.4 Å². The van der Waals surface area contributed by atoms with Gasteiger partial charge in [0, 0.05) is 6.07 Å². The third-order valence-corrected chi connectivity index (χ3v) is 2.68. The first-order chi connectivity index (χ1) is 10.2. The van der Waals surface area contributed by atoms with Crippen molar-refractivity contribution in [2.45, 2.75) is 0 Å². The van der Waals surface area contributed by atoms with Crippen LogP contribution in [0.3, 0.4) is 0 Å². The number of nitrogens with one attached hydrogen (secondary N) is 1. The number of hydrogen-bond acceptors (Lipinski definition) is 5. The fourth-order valence-electron chi connectivity index (χ4n) is 1.59. The average molecular weight is 289 g/mol. The van der Waals surface area contributed by atoms with Gasteiger partial charge in [-0.25, -0.2) is 4.79 Å². The molecule has 0 aliphatic rings. The van der Waals surface area contributed by atoms with E-state index in [2.05, 4.69) is 9.73 Å². The minimum atomic E-state index is -0.491. The molecule has 0 atom stereocenters. The smallest absolute Gasteiger partial charge is 0.335 e. The Hall–Kier alpha value is -2.76. The summed E-state index contributed by atoms with van der Waals surface area (Å²) >= 11 is 0. The van der Waals surface area contributed by atoms with Crippen LogP contribution in [0.25, 0.3) is 0 Å². The van der Waals surface area contributed by atoms with Crippen LogP contribution in [-0.2, 0) is 0 Å². The second-order valence-corrected chi connectivity index (χ2v) is 4.12.